The Morgan fingerprint density at radius 1 is 0.923 bits per heavy atom. The average Bonchev–Trinajstić information content (AvgIpc) is 2.08. The zero-order valence-corrected chi connectivity index (χ0v) is 8.52. The van der Waals surface area contributed by atoms with Gasteiger partial charge in [-0.25, -0.2) is 0 Å². The van der Waals surface area contributed by atoms with Crippen molar-refractivity contribution in [2.45, 2.75) is 9.79 Å². The fourth-order valence-corrected chi connectivity index (χ4v) is 1.68. The number of thiol groups is 2. The van der Waals surface area contributed by atoms with Crippen molar-refractivity contribution in [3.05, 3.63) is 30.3 Å². The first-order valence-electron chi connectivity index (χ1n) is 3.81. The molecule has 13 heavy (non-hydrogen) atoms. The van der Waals surface area contributed by atoms with Gasteiger partial charge in [-0.2, -0.15) is 0 Å². The Hall–Kier alpha value is -0.800. The van der Waals surface area contributed by atoms with Gasteiger partial charge in [0.05, 0.1) is 0 Å². The van der Waals surface area contributed by atoms with Crippen molar-refractivity contribution in [1.82, 2.24) is 0 Å². The highest BCUT2D eigenvalue weighted by atomic mass is 32.1. The number of fused-ring (bicyclic) bond motifs is 1. The number of hydrogen-bond acceptors (Lipinski definition) is 3. The molecule has 0 amide bonds. The summed E-state index contributed by atoms with van der Waals surface area (Å²) in [6.45, 7) is 0. The van der Waals surface area contributed by atoms with Crippen LogP contribution in [0.3, 0.4) is 0 Å². The summed E-state index contributed by atoms with van der Waals surface area (Å²) in [7, 11) is 0. The standard InChI is InChI=1S/C10H8OS2/c11-9-4-6-1-2-8(12)3-7(6)5-10(9)13/h1-5,11-13H. The molecule has 0 aromatic heterocycles. The number of phenols is 1. The van der Waals surface area contributed by atoms with Crippen LogP contribution in [-0.2, 0) is 0 Å². The van der Waals surface area contributed by atoms with Crippen LogP contribution in [0.15, 0.2) is 40.1 Å². The van der Waals surface area contributed by atoms with E-state index in [0.29, 0.717) is 4.90 Å². The molecule has 0 fully saturated rings. The highest BCUT2D eigenvalue weighted by Crippen LogP contribution is 2.28. The van der Waals surface area contributed by atoms with Gasteiger partial charge in [-0.3, -0.25) is 0 Å². The van der Waals surface area contributed by atoms with Crippen LogP contribution in [0.2, 0.25) is 0 Å². The van der Waals surface area contributed by atoms with E-state index in [1.807, 2.05) is 24.3 Å². The predicted molar refractivity (Wildman–Crippen MR) is 60.1 cm³/mol. The van der Waals surface area contributed by atoms with E-state index in [1.54, 1.807) is 6.07 Å². The molecule has 0 aliphatic heterocycles. The lowest BCUT2D eigenvalue weighted by molar-refractivity contribution is 0.464. The maximum Gasteiger partial charge on any atom is 0.129 e. The summed E-state index contributed by atoms with van der Waals surface area (Å²) in [5.74, 6) is 0.211. The van der Waals surface area contributed by atoms with E-state index in [-0.39, 0.29) is 5.75 Å². The number of benzene rings is 2. The van der Waals surface area contributed by atoms with Gasteiger partial charge in [0, 0.05) is 9.79 Å². The van der Waals surface area contributed by atoms with Gasteiger partial charge in [0.15, 0.2) is 0 Å². The van der Waals surface area contributed by atoms with Gasteiger partial charge >= 0.3 is 0 Å². The highest BCUT2D eigenvalue weighted by molar-refractivity contribution is 7.80. The van der Waals surface area contributed by atoms with Crippen LogP contribution in [0.1, 0.15) is 0 Å². The maximum atomic E-state index is 9.39. The van der Waals surface area contributed by atoms with E-state index in [0.717, 1.165) is 15.7 Å². The molecule has 0 radical (unpaired) electrons. The molecule has 0 aliphatic carbocycles. The second-order valence-corrected chi connectivity index (χ2v) is 3.87. The second kappa shape index (κ2) is 3.16. The normalized spacial score (nSPS) is 10.6. The fourth-order valence-electron chi connectivity index (χ4n) is 1.26. The Kier molecular flexibility index (Phi) is 2.14. The predicted octanol–water partition coefficient (Wildman–Crippen LogP) is 3.12. The SMILES string of the molecule is Oc1cc2ccc(S)cc2cc1S. The molecule has 0 atom stereocenters. The van der Waals surface area contributed by atoms with Gasteiger partial charge in [0.1, 0.15) is 5.75 Å². The molecule has 1 N–H and O–H groups in total. The van der Waals surface area contributed by atoms with Gasteiger partial charge in [0.25, 0.3) is 0 Å². The van der Waals surface area contributed by atoms with Crippen LogP contribution >= 0.6 is 25.3 Å². The lowest BCUT2D eigenvalue weighted by Gasteiger charge is -2.02. The number of aromatic hydroxyl groups is 1. The van der Waals surface area contributed by atoms with Crippen LogP contribution < -0.4 is 0 Å². The summed E-state index contributed by atoms with van der Waals surface area (Å²) in [5, 5.41) is 11.4. The summed E-state index contributed by atoms with van der Waals surface area (Å²) in [6.07, 6.45) is 0. The first kappa shape index (κ1) is 8.78. The van der Waals surface area contributed by atoms with E-state index in [9.17, 15) is 5.11 Å². The Morgan fingerprint density at radius 3 is 2.46 bits per heavy atom. The second-order valence-electron chi connectivity index (χ2n) is 2.87. The molecule has 3 heteroatoms. The van der Waals surface area contributed by atoms with Crippen LogP contribution in [0, 0.1) is 0 Å². The topological polar surface area (TPSA) is 20.2 Å². The minimum Gasteiger partial charge on any atom is -0.507 e. The van der Waals surface area contributed by atoms with E-state index >= 15 is 0 Å². The largest absolute Gasteiger partial charge is 0.507 e. The van der Waals surface area contributed by atoms with Crippen LogP contribution in [0.5, 0.6) is 5.75 Å². The van der Waals surface area contributed by atoms with Gasteiger partial charge < -0.3 is 5.11 Å². The summed E-state index contributed by atoms with van der Waals surface area (Å²) in [5.41, 5.74) is 0. The lowest BCUT2D eigenvalue weighted by atomic mass is 10.1. The van der Waals surface area contributed by atoms with Crippen molar-refractivity contribution >= 4 is 36.0 Å². The molecular weight excluding hydrogens is 200 g/mol. The summed E-state index contributed by atoms with van der Waals surface area (Å²) < 4.78 is 0. The average molecular weight is 208 g/mol. The minimum absolute atomic E-state index is 0.211. The monoisotopic (exact) mass is 208 g/mol. The highest BCUT2D eigenvalue weighted by Gasteiger charge is 2.00. The lowest BCUT2D eigenvalue weighted by Crippen LogP contribution is -1.75. The van der Waals surface area contributed by atoms with E-state index in [4.69, 9.17) is 0 Å². The molecule has 0 saturated carbocycles. The summed E-state index contributed by atoms with van der Waals surface area (Å²) in [6, 6.07) is 9.28. The molecule has 0 spiro atoms. The van der Waals surface area contributed by atoms with Crippen molar-refractivity contribution in [2.24, 2.45) is 0 Å². The Bertz CT molecular complexity index is 466. The van der Waals surface area contributed by atoms with Crippen LogP contribution in [0.4, 0.5) is 0 Å². The molecule has 0 aliphatic rings. The number of rotatable bonds is 0. The van der Waals surface area contributed by atoms with E-state index < -0.39 is 0 Å². The molecule has 0 heterocycles. The Balaban J connectivity index is 2.81. The molecule has 0 unspecified atom stereocenters. The quantitative estimate of drug-likeness (QED) is 0.568. The zero-order chi connectivity index (χ0) is 9.42. The van der Waals surface area contributed by atoms with Gasteiger partial charge in [-0.1, -0.05) is 6.07 Å². The summed E-state index contributed by atoms with van der Waals surface area (Å²) >= 11 is 8.37. The third-order valence-corrected chi connectivity index (χ3v) is 2.55. The van der Waals surface area contributed by atoms with Crippen LogP contribution in [-0.4, -0.2) is 5.11 Å². The molecule has 0 bridgehead atoms. The molecule has 2 rings (SSSR count). The van der Waals surface area contributed by atoms with Crippen molar-refractivity contribution < 1.29 is 5.11 Å². The van der Waals surface area contributed by atoms with Crippen molar-refractivity contribution in [3.8, 4) is 5.75 Å². The van der Waals surface area contributed by atoms with Gasteiger partial charge in [0.2, 0.25) is 0 Å². The van der Waals surface area contributed by atoms with E-state index in [1.165, 1.54) is 0 Å². The molecule has 0 saturated heterocycles. The Morgan fingerprint density at radius 2 is 1.69 bits per heavy atom. The third kappa shape index (κ3) is 1.62. The minimum atomic E-state index is 0.211. The molecule has 2 aromatic carbocycles. The van der Waals surface area contributed by atoms with Crippen molar-refractivity contribution in [1.29, 1.82) is 0 Å². The summed E-state index contributed by atoms with van der Waals surface area (Å²) in [4.78, 5) is 1.50. The van der Waals surface area contributed by atoms with Crippen molar-refractivity contribution in [3.63, 3.8) is 0 Å². The number of hydrogen-bond donors (Lipinski definition) is 3. The van der Waals surface area contributed by atoms with Crippen molar-refractivity contribution in [2.75, 3.05) is 0 Å². The van der Waals surface area contributed by atoms with Crippen LogP contribution in [0.25, 0.3) is 10.8 Å². The fraction of sp³-hybridized carbons (Fsp3) is 0. The molecule has 66 valence electrons. The first-order chi connectivity index (χ1) is 6.16. The molecular formula is C10H8OS2. The van der Waals surface area contributed by atoms with Gasteiger partial charge in [-0.05, 0) is 35.0 Å². The molecule has 2 aromatic rings. The maximum absolute atomic E-state index is 9.39. The van der Waals surface area contributed by atoms with E-state index in [2.05, 4.69) is 25.3 Å². The smallest absolute Gasteiger partial charge is 0.129 e. The van der Waals surface area contributed by atoms with Gasteiger partial charge in [-0.15, -0.1) is 25.3 Å². The third-order valence-electron chi connectivity index (χ3n) is 1.92. The first-order valence-corrected chi connectivity index (χ1v) is 4.71. The molecule has 1 nitrogen and oxygen atoms in total. The Labute approximate surface area is 87.2 Å². The zero-order valence-electron chi connectivity index (χ0n) is 6.73. The number of phenolic OH excluding ortho intramolecular Hbond substituents is 1.